The van der Waals surface area contributed by atoms with Crippen LogP contribution in [-0.2, 0) is 21.2 Å². The monoisotopic (exact) mass is 404 g/mol. The Hall–Kier alpha value is -2.64. The summed E-state index contributed by atoms with van der Waals surface area (Å²) in [5.74, 6) is -1.08. The highest BCUT2D eigenvalue weighted by atomic mass is 35.5. The Morgan fingerprint density at radius 1 is 1.26 bits per heavy atom. The molecule has 0 aliphatic heterocycles. The van der Waals surface area contributed by atoms with E-state index >= 15 is 0 Å². The molecular weight excluding hydrogens is 388 g/mol. The van der Waals surface area contributed by atoms with Gasteiger partial charge in [0, 0.05) is 22.7 Å². The number of fused-ring (bicyclic) bond motifs is 1. The number of sulfone groups is 1. The molecule has 1 N–H and O–H groups in total. The molecule has 3 rings (SSSR count). The van der Waals surface area contributed by atoms with E-state index in [1.807, 2.05) is 19.1 Å². The van der Waals surface area contributed by atoms with Crippen molar-refractivity contribution in [3.05, 3.63) is 64.3 Å². The minimum Gasteiger partial charge on any atom is -0.478 e. The molecule has 0 bridgehead atoms. The van der Waals surface area contributed by atoms with Gasteiger partial charge >= 0.3 is 5.97 Å². The minimum absolute atomic E-state index is 0.178. The topological polar surface area (TPSA) is 89.3 Å². The van der Waals surface area contributed by atoms with Gasteiger partial charge in [0.15, 0.2) is 9.84 Å². The molecule has 0 radical (unpaired) electrons. The number of nitrogens with zero attached hydrogens (tertiary/aromatic N) is 2. The molecule has 0 aliphatic rings. The van der Waals surface area contributed by atoms with Crippen LogP contribution in [0, 0.1) is 6.92 Å². The van der Waals surface area contributed by atoms with Gasteiger partial charge in [-0.2, -0.15) is 5.10 Å². The molecule has 0 fully saturated rings. The molecule has 27 heavy (non-hydrogen) atoms. The molecule has 3 aromatic rings. The fraction of sp³-hybridized carbons (Fsp3) is 0.158. The molecule has 6 nitrogen and oxygen atoms in total. The van der Waals surface area contributed by atoms with Gasteiger partial charge < -0.3 is 5.11 Å². The number of carboxylic acids is 1. The van der Waals surface area contributed by atoms with Crippen LogP contribution in [0.2, 0.25) is 5.02 Å². The standard InChI is InChI=1S/C19H17ClN2O4S/c1-12-9-14(20)4-3-13(12)11-22-18-10-15(27(2,25)26)5-6-16(18)17(21-22)7-8-19(23)24/h3-10H,11H2,1-2H3,(H,23,24)/b8-7+. The van der Waals surface area contributed by atoms with E-state index in [9.17, 15) is 13.2 Å². The first kappa shape index (κ1) is 19.1. The van der Waals surface area contributed by atoms with Gasteiger partial charge in [-0.3, -0.25) is 4.68 Å². The largest absolute Gasteiger partial charge is 0.478 e. The third-order valence-electron chi connectivity index (χ3n) is 4.19. The Morgan fingerprint density at radius 3 is 2.63 bits per heavy atom. The Balaban J connectivity index is 2.18. The molecule has 0 unspecified atom stereocenters. The van der Waals surface area contributed by atoms with E-state index in [1.165, 1.54) is 12.1 Å². The molecular formula is C19H17ClN2O4S. The van der Waals surface area contributed by atoms with Crippen molar-refractivity contribution in [2.45, 2.75) is 18.4 Å². The van der Waals surface area contributed by atoms with Crippen LogP contribution in [0.3, 0.4) is 0 Å². The van der Waals surface area contributed by atoms with E-state index < -0.39 is 15.8 Å². The molecule has 2 aromatic carbocycles. The zero-order chi connectivity index (χ0) is 19.8. The average Bonchev–Trinajstić information content (AvgIpc) is 2.92. The second kappa shape index (κ2) is 7.17. The summed E-state index contributed by atoms with van der Waals surface area (Å²) in [4.78, 5) is 11.0. The summed E-state index contributed by atoms with van der Waals surface area (Å²) in [7, 11) is -3.38. The maximum absolute atomic E-state index is 11.9. The van der Waals surface area contributed by atoms with Crippen LogP contribution in [0.1, 0.15) is 16.8 Å². The van der Waals surface area contributed by atoms with Gasteiger partial charge in [-0.1, -0.05) is 17.7 Å². The van der Waals surface area contributed by atoms with Gasteiger partial charge in [0.2, 0.25) is 0 Å². The van der Waals surface area contributed by atoms with Crippen molar-refractivity contribution in [1.29, 1.82) is 0 Å². The van der Waals surface area contributed by atoms with Crippen molar-refractivity contribution in [3.8, 4) is 0 Å². The van der Waals surface area contributed by atoms with Gasteiger partial charge in [0.25, 0.3) is 0 Å². The van der Waals surface area contributed by atoms with Crippen LogP contribution in [-0.4, -0.2) is 35.5 Å². The predicted octanol–water partition coefficient (Wildman–Crippen LogP) is 3.55. The van der Waals surface area contributed by atoms with E-state index in [0.29, 0.717) is 28.2 Å². The highest BCUT2D eigenvalue weighted by Crippen LogP contribution is 2.25. The Bertz CT molecular complexity index is 1180. The van der Waals surface area contributed by atoms with Crippen LogP contribution in [0.5, 0.6) is 0 Å². The van der Waals surface area contributed by atoms with Gasteiger partial charge in [-0.15, -0.1) is 0 Å². The summed E-state index contributed by atoms with van der Waals surface area (Å²) in [6, 6.07) is 10.2. The summed E-state index contributed by atoms with van der Waals surface area (Å²) in [6.45, 7) is 2.33. The maximum atomic E-state index is 11.9. The molecule has 0 aliphatic carbocycles. The summed E-state index contributed by atoms with van der Waals surface area (Å²) >= 11 is 6.01. The van der Waals surface area contributed by atoms with Crippen LogP contribution in [0.25, 0.3) is 17.0 Å². The van der Waals surface area contributed by atoms with E-state index in [4.69, 9.17) is 16.7 Å². The third kappa shape index (κ3) is 4.20. The fourth-order valence-corrected chi connectivity index (χ4v) is 3.67. The highest BCUT2D eigenvalue weighted by Gasteiger charge is 2.15. The van der Waals surface area contributed by atoms with Crippen molar-refractivity contribution in [3.63, 3.8) is 0 Å². The fourth-order valence-electron chi connectivity index (χ4n) is 2.80. The summed E-state index contributed by atoms with van der Waals surface area (Å²) in [6.07, 6.45) is 3.55. The van der Waals surface area contributed by atoms with E-state index in [1.54, 1.807) is 22.9 Å². The van der Waals surface area contributed by atoms with Gasteiger partial charge in [-0.05, 0) is 54.5 Å². The SMILES string of the molecule is Cc1cc(Cl)ccc1Cn1nc(/C=C/C(=O)O)c2ccc(S(C)(=O)=O)cc21. The number of hydrogen-bond donors (Lipinski definition) is 1. The van der Waals surface area contributed by atoms with Crippen molar-refractivity contribution in [2.24, 2.45) is 0 Å². The lowest BCUT2D eigenvalue weighted by Gasteiger charge is -2.08. The molecule has 0 amide bonds. The molecule has 0 saturated carbocycles. The van der Waals surface area contributed by atoms with Gasteiger partial charge in [0.05, 0.1) is 22.7 Å². The van der Waals surface area contributed by atoms with Crippen molar-refractivity contribution < 1.29 is 18.3 Å². The molecule has 1 heterocycles. The number of rotatable bonds is 5. The first-order chi connectivity index (χ1) is 12.6. The first-order valence-electron chi connectivity index (χ1n) is 8.02. The smallest absolute Gasteiger partial charge is 0.328 e. The summed E-state index contributed by atoms with van der Waals surface area (Å²) in [5, 5.41) is 14.7. The van der Waals surface area contributed by atoms with Gasteiger partial charge in [0.1, 0.15) is 0 Å². The van der Waals surface area contributed by atoms with E-state index in [-0.39, 0.29) is 4.90 Å². The molecule has 0 atom stereocenters. The van der Waals surface area contributed by atoms with Gasteiger partial charge in [-0.25, -0.2) is 13.2 Å². The molecule has 8 heteroatoms. The Morgan fingerprint density at radius 2 is 2.00 bits per heavy atom. The zero-order valence-corrected chi connectivity index (χ0v) is 16.3. The zero-order valence-electron chi connectivity index (χ0n) is 14.7. The minimum atomic E-state index is -3.38. The second-order valence-electron chi connectivity index (χ2n) is 6.24. The lowest BCUT2D eigenvalue weighted by atomic mass is 10.1. The number of carboxylic acid groups (broad SMARTS) is 1. The molecule has 140 valence electrons. The molecule has 0 saturated heterocycles. The summed E-state index contributed by atoms with van der Waals surface area (Å²) < 4.78 is 25.5. The highest BCUT2D eigenvalue weighted by molar-refractivity contribution is 7.90. The van der Waals surface area contributed by atoms with Crippen LogP contribution in [0.15, 0.2) is 47.4 Å². The maximum Gasteiger partial charge on any atom is 0.328 e. The number of halogens is 1. The number of aryl methyl sites for hydroxylation is 1. The number of carbonyl (C=O) groups is 1. The average molecular weight is 405 g/mol. The quantitative estimate of drug-likeness (QED) is 0.657. The van der Waals surface area contributed by atoms with E-state index in [0.717, 1.165) is 23.5 Å². The third-order valence-corrected chi connectivity index (χ3v) is 5.53. The van der Waals surface area contributed by atoms with Crippen LogP contribution >= 0.6 is 11.6 Å². The first-order valence-corrected chi connectivity index (χ1v) is 10.3. The van der Waals surface area contributed by atoms with E-state index in [2.05, 4.69) is 5.10 Å². The molecule has 1 aromatic heterocycles. The Kier molecular flexibility index (Phi) is 5.08. The number of aromatic nitrogens is 2. The van der Waals surface area contributed by atoms with Crippen LogP contribution < -0.4 is 0 Å². The number of benzene rings is 2. The normalized spacial score (nSPS) is 12.1. The van der Waals surface area contributed by atoms with Crippen molar-refractivity contribution in [2.75, 3.05) is 6.26 Å². The number of hydrogen-bond acceptors (Lipinski definition) is 4. The van der Waals surface area contributed by atoms with Crippen LogP contribution in [0.4, 0.5) is 0 Å². The number of aliphatic carboxylic acids is 1. The molecule has 0 spiro atoms. The van der Waals surface area contributed by atoms with Crippen molar-refractivity contribution >= 4 is 44.4 Å². The lowest BCUT2D eigenvalue weighted by molar-refractivity contribution is -0.131. The van der Waals surface area contributed by atoms with Crippen molar-refractivity contribution in [1.82, 2.24) is 9.78 Å². The summed E-state index contributed by atoms with van der Waals surface area (Å²) in [5.41, 5.74) is 3.02. The second-order valence-corrected chi connectivity index (χ2v) is 8.69. The predicted molar refractivity (Wildman–Crippen MR) is 105 cm³/mol. The Labute approximate surface area is 161 Å². The lowest BCUT2D eigenvalue weighted by Crippen LogP contribution is -2.04.